The van der Waals surface area contributed by atoms with Crippen LogP contribution in [-0.2, 0) is 4.79 Å². The van der Waals surface area contributed by atoms with Crippen LogP contribution in [0.4, 0.5) is 5.13 Å². The molecule has 2 aromatic rings. The highest BCUT2D eigenvalue weighted by atomic mass is 32.1. The van der Waals surface area contributed by atoms with Crippen molar-refractivity contribution in [3.05, 3.63) is 40.9 Å². The van der Waals surface area contributed by atoms with Crippen LogP contribution >= 0.6 is 11.3 Å². The van der Waals surface area contributed by atoms with Gasteiger partial charge in [0.15, 0.2) is 29.0 Å². The van der Waals surface area contributed by atoms with Gasteiger partial charge in [0.1, 0.15) is 5.69 Å². The Kier molecular flexibility index (Phi) is 6.08. The van der Waals surface area contributed by atoms with Gasteiger partial charge in [-0.15, -0.1) is 11.3 Å². The Morgan fingerprint density at radius 2 is 2.12 bits per heavy atom. The predicted octanol–water partition coefficient (Wildman–Crippen LogP) is 3.40. The first-order chi connectivity index (χ1) is 11.5. The number of rotatable bonds is 7. The van der Waals surface area contributed by atoms with Crippen LogP contribution in [0.5, 0.6) is 11.5 Å². The molecule has 0 spiro atoms. The molecule has 1 aromatic carbocycles. The van der Waals surface area contributed by atoms with Crippen molar-refractivity contribution in [1.29, 1.82) is 0 Å². The molecule has 1 aromatic heterocycles. The number of nitrogens with zero attached hydrogens (tertiary/aromatic N) is 1. The van der Waals surface area contributed by atoms with E-state index in [0.717, 1.165) is 5.56 Å². The summed E-state index contributed by atoms with van der Waals surface area (Å²) in [5.41, 5.74) is 1.31. The molecular formula is C17H18N2O4S. The molecule has 0 aliphatic carbocycles. The summed E-state index contributed by atoms with van der Waals surface area (Å²) in [6.07, 6.45) is 3.86. The zero-order valence-corrected chi connectivity index (χ0v) is 14.5. The Hall–Kier alpha value is -2.67. The zero-order chi connectivity index (χ0) is 17.5. The van der Waals surface area contributed by atoms with Crippen LogP contribution in [0.3, 0.4) is 0 Å². The quantitative estimate of drug-likeness (QED) is 0.778. The molecule has 1 N–H and O–H groups in total. The number of ether oxygens (including phenoxy) is 2. The standard InChI is InChI=1S/C17H18N2O4S/c1-4-5-12-6-7-14(15(8-12)22-3)23-9-16(21)19-17-18-13(10-24-17)11(2)20/h4-8,10H,9H2,1-3H3,(H,18,19,21)/b5-4+. The number of benzene rings is 1. The molecule has 0 radical (unpaired) electrons. The van der Waals surface area contributed by atoms with E-state index in [-0.39, 0.29) is 18.3 Å². The van der Waals surface area contributed by atoms with E-state index < -0.39 is 0 Å². The van der Waals surface area contributed by atoms with Gasteiger partial charge in [-0.05, 0) is 24.6 Å². The van der Waals surface area contributed by atoms with Crippen LogP contribution in [-0.4, -0.2) is 30.4 Å². The molecule has 1 heterocycles. The van der Waals surface area contributed by atoms with E-state index in [4.69, 9.17) is 9.47 Å². The van der Waals surface area contributed by atoms with E-state index >= 15 is 0 Å². The first-order valence-corrected chi connectivity index (χ1v) is 8.11. The van der Waals surface area contributed by atoms with Gasteiger partial charge in [0.2, 0.25) is 0 Å². The van der Waals surface area contributed by atoms with E-state index in [0.29, 0.717) is 22.3 Å². The molecule has 0 unspecified atom stereocenters. The number of hydrogen-bond donors (Lipinski definition) is 1. The highest BCUT2D eigenvalue weighted by Gasteiger charge is 2.11. The van der Waals surface area contributed by atoms with Gasteiger partial charge >= 0.3 is 0 Å². The van der Waals surface area contributed by atoms with Gasteiger partial charge in [-0.1, -0.05) is 18.2 Å². The molecule has 0 saturated heterocycles. The Morgan fingerprint density at radius 3 is 2.75 bits per heavy atom. The normalized spacial score (nSPS) is 10.6. The number of ketones is 1. The minimum atomic E-state index is -0.362. The number of aromatic nitrogens is 1. The lowest BCUT2D eigenvalue weighted by molar-refractivity contribution is -0.118. The largest absolute Gasteiger partial charge is 0.493 e. The van der Waals surface area contributed by atoms with Crippen LogP contribution in [0.25, 0.3) is 6.08 Å². The van der Waals surface area contributed by atoms with Crippen molar-refractivity contribution in [2.45, 2.75) is 13.8 Å². The second-order valence-electron chi connectivity index (χ2n) is 4.84. The molecule has 7 heteroatoms. The molecule has 0 aliphatic rings. The molecule has 0 saturated carbocycles. The molecule has 0 bridgehead atoms. The fraction of sp³-hybridized carbons (Fsp3) is 0.235. The first kappa shape index (κ1) is 17.7. The summed E-state index contributed by atoms with van der Waals surface area (Å²) in [6.45, 7) is 3.17. The van der Waals surface area contributed by atoms with Gasteiger partial charge in [-0.25, -0.2) is 4.98 Å². The summed E-state index contributed by atoms with van der Waals surface area (Å²) in [5, 5.41) is 4.56. The summed E-state index contributed by atoms with van der Waals surface area (Å²) in [6, 6.07) is 5.45. The average Bonchev–Trinajstić information content (AvgIpc) is 3.02. The summed E-state index contributed by atoms with van der Waals surface area (Å²) in [5.74, 6) is 0.518. The van der Waals surface area contributed by atoms with Gasteiger partial charge in [0.25, 0.3) is 5.91 Å². The monoisotopic (exact) mass is 346 g/mol. The number of anilines is 1. The highest BCUT2D eigenvalue weighted by molar-refractivity contribution is 7.14. The molecule has 6 nitrogen and oxygen atoms in total. The lowest BCUT2D eigenvalue weighted by Gasteiger charge is -2.11. The third kappa shape index (κ3) is 4.66. The smallest absolute Gasteiger partial charge is 0.264 e. The minimum absolute atomic E-state index is 0.144. The number of nitrogens with one attached hydrogen (secondary N) is 1. The second-order valence-corrected chi connectivity index (χ2v) is 5.70. The Labute approximate surface area is 144 Å². The summed E-state index contributed by atoms with van der Waals surface area (Å²) in [7, 11) is 1.54. The Balaban J connectivity index is 1.96. The number of carbonyl (C=O) groups excluding carboxylic acids is 2. The summed E-state index contributed by atoms with van der Waals surface area (Å²) < 4.78 is 10.8. The zero-order valence-electron chi connectivity index (χ0n) is 13.7. The van der Waals surface area contributed by atoms with Crippen LogP contribution in [0.2, 0.25) is 0 Å². The van der Waals surface area contributed by atoms with Crippen LogP contribution in [0, 0.1) is 0 Å². The maximum atomic E-state index is 11.9. The highest BCUT2D eigenvalue weighted by Crippen LogP contribution is 2.28. The maximum Gasteiger partial charge on any atom is 0.264 e. The molecule has 0 fully saturated rings. The summed E-state index contributed by atoms with van der Waals surface area (Å²) in [4.78, 5) is 27.1. The van der Waals surface area contributed by atoms with Crippen molar-refractivity contribution in [1.82, 2.24) is 4.98 Å². The number of carbonyl (C=O) groups is 2. The molecular weight excluding hydrogens is 328 g/mol. The number of allylic oxidation sites excluding steroid dienone is 1. The van der Waals surface area contributed by atoms with Gasteiger partial charge in [0.05, 0.1) is 7.11 Å². The lowest BCUT2D eigenvalue weighted by atomic mass is 10.2. The predicted molar refractivity (Wildman–Crippen MR) is 93.9 cm³/mol. The van der Waals surface area contributed by atoms with Crippen molar-refractivity contribution in [3.8, 4) is 11.5 Å². The van der Waals surface area contributed by atoms with Gasteiger partial charge < -0.3 is 9.47 Å². The fourth-order valence-corrected chi connectivity index (χ4v) is 2.66. The van der Waals surface area contributed by atoms with Crippen molar-refractivity contribution < 1.29 is 19.1 Å². The Morgan fingerprint density at radius 1 is 1.33 bits per heavy atom. The second kappa shape index (κ2) is 8.26. The topological polar surface area (TPSA) is 77.5 Å². The number of Topliss-reactive ketones (excluding diaryl/α,β-unsaturated/α-hetero) is 1. The number of hydrogen-bond acceptors (Lipinski definition) is 6. The first-order valence-electron chi connectivity index (χ1n) is 7.23. The molecule has 24 heavy (non-hydrogen) atoms. The lowest BCUT2D eigenvalue weighted by Crippen LogP contribution is -2.20. The van der Waals surface area contributed by atoms with Gasteiger partial charge in [-0.2, -0.15) is 0 Å². The van der Waals surface area contributed by atoms with Crippen molar-refractivity contribution in [3.63, 3.8) is 0 Å². The number of amides is 1. The van der Waals surface area contributed by atoms with Crippen LogP contribution in [0.1, 0.15) is 29.9 Å². The van der Waals surface area contributed by atoms with E-state index in [1.165, 1.54) is 18.3 Å². The molecule has 0 atom stereocenters. The third-order valence-electron chi connectivity index (χ3n) is 3.02. The van der Waals surface area contributed by atoms with Crippen LogP contribution < -0.4 is 14.8 Å². The van der Waals surface area contributed by atoms with E-state index in [1.807, 2.05) is 31.2 Å². The fourth-order valence-electron chi connectivity index (χ4n) is 1.89. The van der Waals surface area contributed by atoms with E-state index in [2.05, 4.69) is 10.3 Å². The number of thiazole rings is 1. The van der Waals surface area contributed by atoms with E-state index in [1.54, 1.807) is 18.6 Å². The third-order valence-corrected chi connectivity index (χ3v) is 3.77. The molecule has 1 amide bonds. The number of methoxy groups -OCH3 is 1. The SMILES string of the molecule is C/C=C/c1ccc(OCC(=O)Nc2nc(C(C)=O)cs2)c(OC)c1. The molecule has 2 rings (SSSR count). The maximum absolute atomic E-state index is 11.9. The van der Waals surface area contributed by atoms with Gasteiger partial charge in [0, 0.05) is 12.3 Å². The summed E-state index contributed by atoms with van der Waals surface area (Å²) >= 11 is 1.19. The van der Waals surface area contributed by atoms with E-state index in [9.17, 15) is 9.59 Å². The van der Waals surface area contributed by atoms with Crippen molar-refractivity contribution in [2.75, 3.05) is 19.0 Å². The molecule has 126 valence electrons. The van der Waals surface area contributed by atoms with Gasteiger partial charge in [-0.3, -0.25) is 14.9 Å². The Bertz CT molecular complexity index is 768. The van der Waals surface area contributed by atoms with Crippen LogP contribution in [0.15, 0.2) is 29.7 Å². The van der Waals surface area contributed by atoms with Crippen molar-refractivity contribution >= 4 is 34.2 Å². The average molecular weight is 346 g/mol. The molecule has 0 aliphatic heterocycles. The van der Waals surface area contributed by atoms with Crippen molar-refractivity contribution in [2.24, 2.45) is 0 Å². The minimum Gasteiger partial charge on any atom is -0.493 e.